The molecule has 0 spiro atoms. The van der Waals surface area contributed by atoms with E-state index in [2.05, 4.69) is 41.5 Å². The number of ether oxygens (including phenoxy) is 1. The summed E-state index contributed by atoms with van der Waals surface area (Å²) < 4.78 is 10.4. The summed E-state index contributed by atoms with van der Waals surface area (Å²) in [6.07, 6.45) is 2.66. The molecule has 1 aliphatic carbocycles. The Bertz CT molecular complexity index is 1140. The fourth-order valence-corrected chi connectivity index (χ4v) is 4.27. The number of nitrogens with one attached hydrogen (secondary N) is 2. The number of carbonyl (C=O) groups excluding carboxylic acids is 1. The highest BCUT2D eigenvalue weighted by Crippen LogP contribution is 2.45. The topological polar surface area (TPSA) is 102 Å². The van der Waals surface area contributed by atoms with Gasteiger partial charge in [-0.15, -0.1) is 0 Å². The van der Waals surface area contributed by atoms with E-state index in [4.69, 9.17) is 14.2 Å². The third-order valence-corrected chi connectivity index (χ3v) is 6.00. The quantitative estimate of drug-likeness (QED) is 0.489. The van der Waals surface area contributed by atoms with Crippen LogP contribution in [0.25, 0.3) is 11.3 Å². The number of anilines is 3. The maximum absolute atomic E-state index is 12.4. The van der Waals surface area contributed by atoms with Crippen LogP contribution in [0.4, 0.5) is 17.5 Å². The minimum Gasteiger partial charge on any atom is -0.468 e. The molecule has 4 rings (SSSR count). The van der Waals surface area contributed by atoms with Crippen LogP contribution in [-0.4, -0.2) is 33.7 Å². The van der Waals surface area contributed by atoms with Crippen LogP contribution in [0.15, 0.2) is 34.9 Å². The molecule has 33 heavy (non-hydrogen) atoms. The molecular weight excluding hydrogens is 418 g/mol. The lowest BCUT2D eigenvalue weighted by atomic mass is 9.64. The lowest BCUT2D eigenvalue weighted by molar-refractivity contribution is -0.151. The zero-order valence-corrected chi connectivity index (χ0v) is 20.1. The number of aromatic nitrogens is 3. The predicted octanol–water partition coefficient (Wildman–Crippen LogP) is 5.30. The first-order chi connectivity index (χ1) is 15.6. The zero-order valence-electron chi connectivity index (χ0n) is 20.1. The Hall–Kier alpha value is -3.42. The summed E-state index contributed by atoms with van der Waals surface area (Å²) in [6, 6.07) is 9.75. The normalized spacial score (nSPS) is 15.0. The lowest BCUT2D eigenvalue weighted by Crippen LogP contribution is -2.43. The number of nitrogens with zero attached hydrogens (tertiary/aromatic N) is 3. The molecule has 8 heteroatoms. The summed E-state index contributed by atoms with van der Waals surface area (Å²) in [5.74, 6) is 1.70. The molecule has 1 saturated carbocycles. The van der Waals surface area contributed by atoms with E-state index in [9.17, 15) is 4.79 Å². The fourth-order valence-electron chi connectivity index (χ4n) is 4.27. The summed E-state index contributed by atoms with van der Waals surface area (Å²) in [4.78, 5) is 21.8. The maximum Gasteiger partial charge on any atom is 0.316 e. The molecule has 3 aromatic rings. The molecule has 1 aliphatic rings. The molecule has 0 amide bonds. The van der Waals surface area contributed by atoms with Gasteiger partial charge in [0, 0.05) is 17.3 Å². The van der Waals surface area contributed by atoms with Gasteiger partial charge in [-0.25, -0.2) is 4.98 Å². The molecule has 8 nitrogen and oxygen atoms in total. The fraction of sp³-hybridized carbons (Fsp3) is 0.440. The average molecular weight is 450 g/mol. The van der Waals surface area contributed by atoms with E-state index in [-0.39, 0.29) is 11.5 Å². The minimum absolute atomic E-state index is 0.164. The van der Waals surface area contributed by atoms with Gasteiger partial charge in [0.15, 0.2) is 0 Å². The smallest absolute Gasteiger partial charge is 0.316 e. The molecule has 2 N–H and O–H groups in total. The number of hydrogen-bond donors (Lipinski definition) is 2. The third kappa shape index (κ3) is 4.55. The number of aryl methyl sites for hydroxylation is 2. The van der Waals surface area contributed by atoms with Crippen molar-refractivity contribution in [3.05, 3.63) is 47.3 Å². The van der Waals surface area contributed by atoms with Crippen molar-refractivity contribution < 1.29 is 14.1 Å². The van der Waals surface area contributed by atoms with E-state index in [1.165, 1.54) is 7.11 Å². The highest BCUT2D eigenvalue weighted by molar-refractivity contribution is 5.84. The summed E-state index contributed by atoms with van der Waals surface area (Å²) in [5, 5.41) is 10.8. The Kier molecular flexibility index (Phi) is 5.86. The highest BCUT2D eigenvalue weighted by atomic mass is 16.5. The van der Waals surface area contributed by atoms with Gasteiger partial charge in [0.1, 0.15) is 11.6 Å². The van der Waals surface area contributed by atoms with Crippen LogP contribution >= 0.6 is 0 Å². The summed E-state index contributed by atoms with van der Waals surface area (Å²) >= 11 is 0. The Morgan fingerprint density at radius 3 is 2.33 bits per heavy atom. The van der Waals surface area contributed by atoms with Crippen molar-refractivity contribution in [1.29, 1.82) is 0 Å². The van der Waals surface area contributed by atoms with Crippen molar-refractivity contribution >= 4 is 23.4 Å². The van der Waals surface area contributed by atoms with E-state index < -0.39 is 5.41 Å². The van der Waals surface area contributed by atoms with Gasteiger partial charge in [-0.3, -0.25) is 4.79 Å². The number of hydrogen-bond acceptors (Lipinski definition) is 8. The second kappa shape index (κ2) is 8.50. The number of rotatable bonds is 6. The van der Waals surface area contributed by atoms with E-state index in [0.29, 0.717) is 17.5 Å². The van der Waals surface area contributed by atoms with Crippen LogP contribution in [-0.2, 0) is 14.9 Å². The first-order valence-electron chi connectivity index (χ1n) is 11.2. The number of esters is 1. The molecule has 0 atom stereocenters. The first kappa shape index (κ1) is 22.8. The van der Waals surface area contributed by atoms with Crippen molar-refractivity contribution in [2.45, 2.75) is 64.8 Å². The second-order valence-electron chi connectivity index (χ2n) is 9.67. The summed E-state index contributed by atoms with van der Waals surface area (Å²) in [6.45, 7) is 10.0. The van der Waals surface area contributed by atoms with Crippen LogP contribution in [0.5, 0.6) is 0 Å². The Balaban J connectivity index is 1.65. The van der Waals surface area contributed by atoms with Crippen LogP contribution in [0, 0.1) is 13.8 Å². The van der Waals surface area contributed by atoms with Crippen molar-refractivity contribution in [3.63, 3.8) is 0 Å². The largest absolute Gasteiger partial charge is 0.468 e. The molecule has 0 radical (unpaired) electrons. The monoisotopic (exact) mass is 449 g/mol. The third-order valence-electron chi connectivity index (χ3n) is 6.00. The second-order valence-corrected chi connectivity index (χ2v) is 9.67. The van der Waals surface area contributed by atoms with E-state index in [0.717, 1.165) is 47.5 Å². The molecule has 0 saturated heterocycles. The van der Waals surface area contributed by atoms with Crippen LogP contribution in [0.1, 0.15) is 57.1 Å². The SMILES string of the molecule is COC(=O)C1(c2ccc(Nc3nc(NC(C)(C)C)cc(-c4c(C)noc4C)n3)cc2)CCC1. The predicted molar refractivity (Wildman–Crippen MR) is 128 cm³/mol. The minimum atomic E-state index is -0.517. The molecule has 174 valence electrons. The number of methoxy groups -OCH3 is 1. The van der Waals surface area contributed by atoms with Gasteiger partial charge in [-0.2, -0.15) is 4.98 Å². The summed E-state index contributed by atoms with van der Waals surface area (Å²) in [7, 11) is 1.45. The van der Waals surface area contributed by atoms with Gasteiger partial charge in [0.05, 0.1) is 29.5 Å². The van der Waals surface area contributed by atoms with Gasteiger partial charge < -0.3 is 19.9 Å². The van der Waals surface area contributed by atoms with Crippen molar-refractivity contribution in [1.82, 2.24) is 15.1 Å². The number of carbonyl (C=O) groups is 1. The molecule has 1 fully saturated rings. The first-order valence-corrected chi connectivity index (χ1v) is 11.2. The van der Waals surface area contributed by atoms with Gasteiger partial charge >= 0.3 is 5.97 Å². The molecular formula is C25H31N5O3. The number of benzene rings is 1. The van der Waals surface area contributed by atoms with Gasteiger partial charge in [-0.1, -0.05) is 23.7 Å². The van der Waals surface area contributed by atoms with Gasteiger partial charge in [-0.05, 0) is 65.2 Å². The van der Waals surface area contributed by atoms with E-state index in [1.54, 1.807) is 0 Å². The Morgan fingerprint density at radius 1 is 1.12 bits per heavy atom. The van der Waals surface area contributed by atoms with Crippen molar-refractivity contribution in [2.24, 2.45) is 0 Å². The van der Waals surface area contributed by atoms with Crippen molar-refractivity contribution in [3.8, 4) is 11.3 Å². The van der Waals surface area contributed by atoms with Crippen LogP contribution in [0.2, 0.25) is 0 Å². The standard InChI is InChI=1S/C25H31N5O3/c1-15-21(16(2)33-30-15)19-14-20(29-24(3,4)5)28-23(27-19)26-18-10-8-17(9-11-18)25(12-7-13-25)22(31)32-6/h8-11,14H,7,12-13H2,1-6H3,(H2,26,27,28,29). The maximum atomic E-state index is 12.4. The molecule has 0 bridgehead atoms. The Labute approximate surface area is 194 Å². The average Bonchev–Trinajstić information content (AvgIpc) is 3.05. The van der Waals surface area contributed by atoms with Crippen LogP contribution < -0.4 is 10.6 Å². The lowest BCUT2D eigenvalue weighted by Gasteiger charge is -2.39. The molecule has 0 aliphatic heterocycles. The Morgan fingerprint density at radius 2 is 1.82 bits per heavy atom. The zero-order chi connectivity index (χ0) is 23.8. The van der Waals surface area contributed by atoms with E-state index >= 15 is 0 Å². The molecule has 1 aromatic carbocycles. The molecule has 0 unspecified atom stereocenters. The van der Waals surface area contributed by atoms with Gasteiger partial charge in [0.2, 0.25) is 5.95 Å². The summed E-state index contributed by atoms with van der Waals surface area (Å²) in [5.41, 5.74) is 3.48. The molecule has 2 heterocycles. The van der Waals surface area contributed by atoms with Gasteiger partial charge in [0.25, 0.3) is 0 Å². The van der Waals surface area contributed by atoms with Crippen LogP contribution in [0.3, 0.4) is 0 Å². The molecule has 2 aromatic heterocycles. The van der Waals surface area contributed by atoms with Crippen molar-refractivity contribution in [2.75, 3.05) is 17.7 Å². The highest BCUT2D eigenvalue weighted by Gasteiger charge is 2.46. The van der Waals surface area contributed by atoms with E-state index in [1.807, 2.05) is 44.2 Å².